The van der Waals surface area contributed by atoms with Crippen molar-refractivity contribution in [2.75, 3.05) is 6.16 Å². The molecule has 0 saturated carbocycles. The lowest BCUT2D eigenvalue weighted by Crippen LogP contribution is -2.05. The van der Waals surface area contributed by atoms with Gasteiger partial charge in [0.15, 0.2) is 0 Å². The molecule has 0 fully saturated rings. The van der Waals surface area contributed by atoms with Crippen LogP contribution in [0.15, 0.2) is 0 Å². The lowest BCUT2D eigenvalue weighted by Gasteiger charge is -1.98. The zero-order chi connectivity index (χ0) is 10.4. The van der Waals surface area contributed by atoms with E-state index in [2.05, 4.69) is 34.9 Å². The van der Waals surface area contributed by atoms with E-state index in [9.17, 15) is 4.57 Å². The first-order valence-corrected chi connectivity index (χ1v) is 11.3. The molecule has 0 aliphatic rings. The topological polar surface area (TPSA) is 57.5 Å². The maximum absolute atomic E-state index is 9.93. The van der Waals surface area contributed by atoms with Gasteiger partial charge in [-0.25, -0.2) is 0 Å². The van der Waals surface area contributed by atoms with Crippen LogP contribution in [0.3, 0.4) is 0 Å². The predicted molar refractivity (Wildman–Crippen MR) is 59.5 cm³/mol. The largest absolute Gasteiger partial charge is 0.325 e. The third kappa shape index (κ3) is 44.8. The predicted octanol–water partition coefficient (Wildman–Crippen LogP) is 2.79. The summed E-state index contributed by atoms with van der Waals surface area (Å²) < 4.78 is 9.93. The van der Waals surface area contributed by atoms with Crippen molar-refractivity contribution in [2.24, 2.45) is 0 Å². The van der Waals surface area contributed by atoms with E-state index >= 15 is 0 Å². The molecule has 0 spiro atoms. The van der Waals surface area contributed by atoms with Gasteiger partial charge in [0, 0.05) is 6.16 Å². The molecule has 0 saturated heterocycles. The normalized spacial score (nSPS) is 11.9. The van der Waals surface area contributed by atoms with Crippen LogP contribution in [0.25, 0.3) is 0 Å². The molecule has 3 nitrogen and oxygen atoms in total. The number of rotatable bonds is 2. The van der Waals surface area contributed by atoms with Gasteiger partial charge in [-0.3, -0.25) is 4.57 Å². The summed E-state index contributed by atoms with van der Waals surface area (Å²) in [7, 11) is -3.67. The smallest absolute Gasteiger partial charge is 0.324 e. The van der Waals surface area contributed by atoms with E-state index in [-0.39, 0.29) is 6.16 Å². The minimum Gasteiger partial charge on any atom is -0.324 e. The van der Waals surface area contributed by atoms with Gasteiger partial charge < -0.3 is 9.79 Å². The van der Waals surface area contributed by atoms with E-state index in [4.69, 9.17) is 9.79 Å². The Kier molecular flexibility index (Phi) is 8.08. The Labute approximate surface area is 83.3 Å². The molecule has 12 heavy (non-hydrogen) atoms. The molecule has 0 aliphatic heterocycles. The molecule has 0 atom stereocenters. The molecule has 0 unspecified atom stereocenters. The summed E-state index contributed by atoms with van der Waals surface area (Å²) in [5, 5.41) is 0. The Morgan fingerprint density at radius 1 is 1.33 bits per heavy atom. The van der Waals surface area contributed by atoms with Crippen LogP contribution in [0.2, 0.25) is 19.6 Å². The number of hydrogen-bond donors (Lipinski definition) is 2. The molecule has 0 bridgehead atoms. The average Bonchev–Trinajstić information content (AvgIpc) is 1.54. The van der Waals surface area contributed by atoms with Crippen LogP contribution in [-0.4, -0.2) is 22.6 Å². The number of halogens is 1. The van der Waals surface area contributed by atoms with Crippen LogP contribution in [0.1, 0.15) is 13.3 Å². The first kappa shape index (κ1) is 15.3. The van der Waals surface area contributed by atoms with E-state index < -0.39 is 14.3 Å². The Hall–Kier alpha value is 0.847. The van der Waals surface area contributed by atoms with Gasteiger partial charge in [-0.2, -0.15) is 0 Å². The van der Waals surface area contributed by atoms with Crippen molar-refractivity contribution in [3.63, 3.8) is 0 Å². The van der Waals surface area contributed by atoms with Crippen LogP contribution in [0, 0.1) is 0 Å². The highest BCUT2D eigenvalue weighted by molar-refractivity contribution is 9.26. The summed E-state index contributed by atoms with van der Waals surface area (Å²) in [6.45, 7) is 7.67. The Balaban J connectivity index is 0. The summed E-state index contributed by atoms with van der Waals surface area (Å²) in [6.07, 6.45) is 0.553. The van der Waals surface area contributed by atoms with Crippen LogP contribution >= 0.6 is 22.9 Å². The molecular formula is C6H18BrO3PSi. The monoisotopic (exact) mass is 276 g/mol. The minimum absolute atomic E-state index is 0.00694. The molecule has 0 rings (SSSR count). The summed E-state index contributed by atoms with van der Waals surface area (Å²) in [4.78, 5) is 16.3. The average molecular weight is 277 g/mol. The van der Waals surface area contributed by atoms with Crippen LogP contribution in [0.4, 0.5) is 0 Å². The van der Waals surface area contributed by atoms with Crippen molar-refractivity contribution in [3.05, 3.63) is 0 Å². The van der Waals surface area contributed by atoms with Crippen LogP contribution < -0.4 is 0 Å². The highest BCUT2D eigenvalue weighted by Gasteiger charge is 2.08. The van der Waals surface area contributed by atoms with Crippen molar-refractivity contribution in [2.45, 2.75) is 33.0 Å². The lowest BCUT2D eigenvalue weighted by atomic mass is 10.6. The lowest BCUT2D eigenvalue weighted by molar-refractivity contribution is 0.372. The summed E-state index contributed by atoms with van der Waals surface area (Å²) in [6, 6.07) is 0. The highest BCUT2D eigenvalue weighted by atomic mass is 79.9. The SMILES string of the molecule is CCCP(=O)(O)O.C[Si](C)(C)Br. The second-order valence-corrected chi connectivity index (χ2v) is 16.5. The molecule has 0 aromatic carbocycles. The number of hydrogen-bond acceptors (Lipinski definition) is 1. The summed E-state index contributed by atoms with van der Waals surface area (Å²) in [5.41, 5.74) is 0. The molecular weight excluding hydrogens is 259 g/mol. The molecule has 0 radical (unpaired) electrons. The van der Waals surface area contributed by atoms with Crippen molar-refractivity contribution < 1.29 is 14.4 Å². The Morgan fingerprint density at radius 3 is 1.58 bits per heavy atom. The van der Waals surface area contributed by atoms with Crippen molar-refractivity contribution >= 4 is 29.6 Å². The van der Waals surface area contributed by atoms with E-state index in [1.165, 1.54) is 0 Å². The van der Waals surface area contributed by atoms with Gasteiger partial charge in [0.25, 0.3) is 0 Å². The van der Waals surface area contributed by atoms with E-state index in [0.717, 1.165) is 0 Å². The zero-order valence-electron chi connectivity index (χ0n) is 8.04. The second kappa shape index (κ2) is 6.32. The molecule has 2 N–H and O–H groups in total. The fraction of sp³-hybridized carbons (Fsp3) is 1.00. The van der Waals surface area contributed by atoms with Crippen molar-refractivity contribution in [3.8, 4) is 0 Å². The first-order valence-electron chi connectivity index (χ1n) is 3.79. The van der Waals surface area contributed by atoms with Gasteiger partial charge in [0.05, 0.1) is 0 Å². The Morgan fingerprint density at radius 2 is 1.58 bits per heavy atom. The van der Waals surface area contributed by atoms with Gasteiger partial charge in [-0.05, 0) is 6.42 Å². The molecule has 0 heterocycles. The fourth-order valence-electron chi connectivity index (χ4n) is 0.291. The molecule has 6 heteroatoms. The fourth-order valence-corrected chi connectivity index (χ4v) is 0.874. The molecule has 0 aromatic heterocycles. The van der Waals surface area contributed by atoms with Gasteiger partial charge in [-0.1, -0.05) is 26.6 Å². The standard InChI is InChI=1S/C3H9BrSi.C3H9O3P/c1-5(2,3)4;1-2-3-7(4,5)6/h1-3H3;2-3H2,1H3,(H2,4,5,6). The zero-order valence-corrected chi connectivity index (χ0v) is 11.5. The molecule has 0 aliphatic carbocycles. The van der Waals surface area contributed by atoms with Gasteiger partial charge in [0.2, 0.25) is 0 Å². The van der Waals surface area contributed by atoms with E-state index in [1.807, 2.05) is 0 Å². The quantitative estimate of drug-likeness (QED) is 0.463. The van der Waals surface area contributed by atoms with Crippen LogP contribution in [0.5, 0.6) is 0 Å². The van der Waals surface area contributed by atoms with E-state index in [0.29, 0.717) is 6.42 Å². The Bertz CT molecular complexity index is 145. The van der Waals surface area contributed by atoms with Gasteiger partial charge in [-0.15, -0.1) is 15.3 Å². The third-order valence-corrected chi connectivity index (χ3v) is 1.54. The first-order chi connectivity index (χ1) is 5.06. The highest BCUT2D eigenvalue weighted by Crippen LogP contribution is 2.34. The maximum atomic E-state index is 9.93. The summed E-state index contributed by atoms with van der Waals surface area (Å²) in [5.74, 6) is 0. The second-order valence-electron chi connectivity index (χ2n) is 3.46. The third-order valence-electron chi connectivity index (χ3n) is 0.515. The van der Waals surface area contributed by atoms with Gasteiger partial charge in [0.1, 0.15) is 6.69 Å². The van der Waals surface area contributed by atoms with Crippen molar-refractivity contribution in [1.82, 2.24) is 0 Å². The minimum atomic E-state index is -3.67. The van der Waals surface area contributed by atoms with Crippen molar-refractivity contribution in [1.29, 1.82) is 0 Å². The van der Waals surface area contributed by atoms with Crippen LogP contribution in [-0.2, 0) is 4.57 Å². The molecule has 0 amide bonds. The van der Waals surface area contributed by atoms with E-state index in [1.54, 1.807) is 6.92 Å². The summed E-state index contributed by atoms with van der Waals surface area (Å²) >= 11 is 3.51. The van der Waals surface area contributed by atoms with Gasteiger partial charge >= 0.3 is 7.60 Å². The molecule has 0 aromatic rings. The maximum Gasteiger partial charge on any atom is 0.325 e. The molecule has 76 valence electrons.